The number of benzene rings is 2. The summed E-state index contributed by atoms with van der Waals surface area (Å²) in [5, 5.41) is 6.81. The molecule has 0 radical (unpaired) electrons. The number of nitrogens with zero attached hydrogens (tertiary/aromatic N) is 3. The molecule has 5 nitrogen and oxygen atoms in total. The molecule has 138 valence electrons. The average Bonchev–Trinajstić information content (AvgIpc) is 3.27. The van der Waals surface area contributed by atoms with Crippen LogP contribution in [-0.2, 0) is 6.42 Å². The zero-order valence-corrected chi connectivity index (χ0v) is 15.3. The molecule has 2 heterocycles. The molecule has 1 saturated heterocycles. The lowest BCUT2D eigenvalue weighted by atomic mass is 9.94. The number of nitrogens with one attached hydrogen (secondary N) is 1. The number of likely N-dealkylation sites (tertiary alicyclic amines) is 1. The van der Waals surface area contributed by atoms with Crippen LogP contribution in [-0.4, -0.2) is 38.6 Å². The lowest BCUT2D eigenvalue weighted by molar-refractivity contribution is 0.0602. The van der Waals surface area contributed by atoms with Crippen LogP contribution in [0.5, 0.6) is 0 Å². The minimum atomic E-state index is 0.0970. The minimum Gasteiger partial charge on any atom is -0.336 e. The maximum atomic E-state index is 13.4. The van der Waals surface area contributed by atoms with Gasteiger partial charge >= 0.3 is 0 Å². The van der Waals surface area contributed by atoms with Crippen LogP contribution in [0, 0.1) is 0 Å². The number of hydrogen-bond acceptors (Lipinski definition) is 3. The molecule has 5 heteroatoms. The predicted molar refractivity (Wildman–Crippen MR) is 105 cm³/mol. The van der Waals surface area contributed by atoms with E-state index in [9.17, 15) is 4.79 Å². The van der Waals surface area contributed by atoms with Gasteiger partial charge in [0, 0.05) is 18.2 Å². The number of aromatic amines is 1. The third-order valence-corrected chi connectivity index (χ3v) is 5.32. The summed E-state index contributed by atoms with van der Waals surface area (Å²) in [6, 6.07) is 18.5. The molecule has 1 aliphatic heterocycles. The third-order valence-electron chi connectivity index (χ3n) is 5.32. The van der Waals surface area contributed by atoms with Crippen molar-refractivity contribution in [2.24, 2.45) is 0 Å². The first-order valence-corrected chi connectivity index (χ1v) is 9.62. The molecule has 1 aromatic heterocycles. The molecule has 0 unspecified atom stereocenters. The Bertz CT molecular complexity index is 876. The number of amides is 1. The van der Waals surface area contributed by atoms with Crippen molar-refractivity contribution in [1.82, 2.24) is 20.1 Å². The maximum Gasteiger partial charge on any atom is 0.254 e. The van der Waals surface area contributed by atoms with Gasteiger partial charge in [0.15, 0.2) is 5.82 Å². The third kappa shape index (κ3) is 3.92. The second-order valence-electron chi connectivity index (χ2n) is 7.05. The number of carbonyl (C=O) groups is 1. The zero-order chi connectivity index (χ0) is 18.5. The Morgan fingerprint density at radius 3 is 2.70 bits per heavy atom. The van der Waals surface area contributed by atoms with Gasteiger partial charge in [-0.3, -0.25) is 9.89 Å². The summed E-state index contributed by atoms with van der Waals surface area (Å²) in [6.07, 6.45) is 6.80. The van der Waals surface area contributed by atoms with Crippen LogP contribution < -0.4 is 0 Å². The Kier molecular flexibility index (Phi) is 5.28. The number of aromatic nitrogens is 3. The smallest absolute Gasteiger partial charge is 0.254 e. The van der Waals surface area contributed by atoms with E-state index in [-0.39, 0.29) is 11.9 Å². The van der Waals surface area contributed by atoms with E-state index in [0.717, 1.165) is 37.8 Å². The second kappa shape index (κ2) is 8.16. The molecule has 4 rings (SSSR count). The summed E-state index contributed by atoms with van der Waals surface area (Å²) in [4.78, 5) is 19.7. The maximum absolute atomic E-state index is 13.4. The fraction of sp³-hybridized carbons (Fsp3) is 0.318. The van der Waals surface area contributed by atoms with Crippen molar-refractivity contribution in [3.63, 3.8) is 0 Å². The molecule has 0 spiro atoms. The van der Waals surface area contributed by atoms with Crippen LogP contribution in [0.2, 0.25) is 0 Å². The first kappa shape index (κ1) is 17.5. The number of carbonyl (C=O) groups excluding carboxylic acids is 1. The lowest BCUT2D eigenvalue weighted by Crippen LogP contribution is -2.44. The number of H-pyrrole nitrogens is 1. The van der Waals surface area contributed by atoms with Crippen LogP contribution in [0.3, 0.4) is 0 Å². The van der Waals surface area contributed by atoms with Crippen LogP contribution in [0.15, 0.2) is 60.9 Å². The summed E-state index contributed by atoms with van der Waals surface area (Å²) < 4.78 is 0. The predicted octanol–water partition coefficient (Wildman–Crippen LogP) is 4.10. The van der Waals surface area contributed by atoms with E-state index >= 15 is 0 Å². The van der Waals surface area contributed by atoms with E-state index in [1.165, 1.54) is 18.3 Å². The molecule has 1 atom stereocenters. The van der Waals surface area contributed by atoms with Crippen molar-refractivity contribution in [3.05, 3.63) is 72.1 Å². The number of rotatable bonds is 5. The van der Waals surface area contributed by atoms with E-state index in [2.05, 4.69) is 44.3 Å². The highest BCUT2D eigenvalue weighted by atomic mass is 16.2. The van der Waals surface area contributed by atoms with Gasteiger partial charge in [-0.25, -0.2) is 4.98 Å². The van der Waals surface area contributed by atoms with Gasteiger partial charge in [-0.2, -0.15) is 5.10 Å². The Labute approximate surface area is 159 Å². The van der Waals surface area contributed by atoms with Gasteiger partial charge in [0.25, 0.3) is 5.91 Å². The van der Waals surface area contributed by atoms with Gasteiger partial charge in [-0.15, -0.1) is 0 Å². The molecule has 0 aliphatic carbocycles. The van der Waals surface area contributed by atoms with Crippen molar-refractivity contribution in [1.29, 1.82) is 0 Å². The Morgan fingerprint density at radius 1 is 1.07 bits per heavy atom. The number of aryl methyl sites for hydroxylation is 1. The second-order valence-corrected chi connectivity index (χ2v) is 7.05. The van der Waals surface area contributed by atoms with Crippen LogP contribution in [0.4, 0.5) is 0 Å². The summed E-state index contributed by atoms with van der Waals surface area (Å²) in [5.41, 5.74) is 2.84. The molecule has 1 aliphatic rings. The zero-order valence-electron chi connectivity index (χ0n) is 15.3. The van der Waals surface area contributed by atoms with Crippen molar-refractivity contribution < 1.29 is 4.79 Å². The normalized spacial score (nSPS) is 17.0. The van der Waals surface area contributed by atoms with Crippen molar-refractivity contribution in [2.45, 2.75) is 38.1 Å². The molecule has 1 fully saturated rings. The molecule has 2 aromatic carbocycles. The first-order chi connectivity index (χ1) is 13.3. The summed E-state index contributed by atoms with van der Waals surface area (Å²) in [7, 11) is 0. The molecule has 0 bridgehead atoms. The Hall–Kier alpha value is -2.95. The van der Waals surface area contributed by atoms with Crippen molar-refractivity contribution in [3.8, 4) is 11.4 Å². The van der Waals surface area contributed by atoms with Gasteiger partial charge in [-0.1, -0.05) is 48.5 Å². The van der Waals surface area contributed by atoms with Crippen LogP contribution in [0.25, 0.3) is 11.4 Å². The average molecular weight is 360 g/mol. The van der Waals surface area contributed by atoms with E-state index in [1.807, 2.05) is 30.3 Å². The topological polar surface area (TPSA) is 61.9 Å². The van der Waals surface area contributed by atoms with E-state index < -0.39 is 0 Å². The monoisotopic (exact) mass is 360 g/mol. The molecule has 1 amide bonds. The van der Waals surface area contributed by atoms with E-state index in [4.69, 9.17) is 0 Å². The highest BCUT2D eigenvalue weighted by Gasteiger charge is 2.28. The van der Waals surface area contributed by atoms with Crippen LogP contribution in [0.1, 0.15) is 41.6 Å². The van der Waals surface area contributed by atoms with Crippen molar-refractivity contribution >= 4 is 5.91 Å². The van der Waals surface area contributed by atoms with Gasteiger partial charge < -0.3 is 4.90 Å². The SMILES string of the molecule is O=C(c1ccccc1-c1ncn[nH]1)N1CCCC[C@H]1CCc1ccccc1. The lowest BCUT2D eigenvalue weighted by Gasteiger charge is -2.36. The fourth-order valence-electron chi connectivity index (χ4n) is 3.91. The highest BCUT2D eigenvalue weighted by Crippen LogP contribution is 2.27. The summed E-state index contributed by atoms with van der Waals surface area (Å²) >= 11 is 0. The molecular weight excluding hydrogens is 336 g/mol. The fourth-order valence-corrected chi connectivity index (χ4v) is 3.91. The van der Waals surface area contributed by atoms with Crippen LogP contribution >= 0.6 is 0 Å². The summed E-state index contributed by atoms with van der Waals surface area (Å²) in [6.45, 7) is 0.822. The van der Waals surface area contributed by atoms with Gasteiger partial charge in [0.2, 0.25) is 0 Å². The Morgan fingerprint density at radius 2 is 1.89 bits per heavy atom. The molecule has 1 N–H and O–H groups in total. The number of piperidine rings is 1. The minimum absolute atomic E-state index is 0.0970. The highest BCUT2D eigenvalue weighted by molar-refractivity contribution is 6.00. The van der Waals surface area contributed by atoms with Gasteiger partial charge in [-0.05, 0) is 43.7 Å². The largest absolute Gasteiger partial charge is 0.336 e. The molecular formula is C22H24N4O. The van der Waals surface area contributed by atoms with E-state index in [0.29, 0.717) is 11.4 Å². The molecule has 27 heavy (non-hydrogen) atoms. The molecule has 0 saturated carbocycles. The molecule has 3 aromatic rings. The number of hydrogen-bond donors (Lipinski definition) is 1. The van der Waals surface area contributed by atoms with Gasteiger partial charge in [0.05, 0.1) is 5.56 Å². The quantitative estimate of drug-likeness (QED) is 0.745. The first-order valence-electron chi connectivity index (χ1n) is 9.62. The summed E-state index contributed by atoms with van der Waals surface area (Å²) in [5.74, 6) is 0.733. The van der Waals surface area contributed by atoms with Gasteiger partial charge in [0.1, 0.15) is 6.33 Å². The van der Waals surface area contributed by atoms with E-state index in [1.54, 1.807) is 0 Å². The van der Waals surface area contributed by atoms with Crippen molar-refractivity contribution in [2.75, 3.05) is 6.54 Å². The Balaban J connectivity index is 1.55. The standard InChI is InChI=1S/C22H24N4O/c27-22(20-12-5-4-11-19(20)21-23-16-24-25-21)26-15-7-6-10-18(26)14-13-17-8-2-1-3-9-17/h1-5,8-9,11-12,16,18H,6-7,10,13-15H2,(H,23,24,25)/t18-/m0/s1.